The van der Waals surface area contributed by atoms with Crippen LogP contribution in [0.15, 0.2) is 24.3 Å². The zero-order valence-electron chi connectivity index (χ0n) is 12.0. The van der Waals surface area contributed by atoms with Gasteiger partial charge in [0.25, 0.3) is 5.91 Å². The molecule has 1 heterocycles. The normalized spacial score (nSPS) is 20.7. The molecule has 2 fully saturated rings. The van der Waals surface area contributed by atoms with Crippen molar-refractivity contribution in [2.75, 3.05) is 19.7 Å². The van der Waals surface area contributed by atoms with Crippen molar-refractivity contribution in [2.24, 2.45) is 5.73 Å². The van der Waals surface area contributed by atoms with Crippen molar-refractivity contribution in [1.29, 1.82) is 0 Å². The van der Waals surface area contributed by atoms with Gasteiger partial charge in [-0.05, 0) is 31.0 Å². The lowest BCUT2D eigenvalue weighted by atomic mass is 9.99. The highest BCUT2D eigenvalue weighted by atomic mass is 16.5. The van der Waals surface area contributed by atoms with Crippen LogP contribution in [-0.2, 0) is 4.74 Å². The van der Waals surface area contributed by atoms with E-state index < -0.39 is 5.91 Å². The molecule has 1 aromatic rings. The molecule has 1 aliphatic heterocycles. The summed E-state index contributed by atoms with van der Waals surface area (Å²) in [6.45, 7) is 1.83. The van der Waals surface area contributed by atoms with Gasteiger partial charge in [-0.25, -0.2) is 0 Å². The largest absolute Gasteiger partial charge is 0.371 e. The van der Waals surface area contributed by atoms with Gasteiger partial charge in [0.05, 0.1) is 18.8 Å². The van der Waals surface area contributed by atoms with Gasteiger partial charge in [0.1, 0.15) is 0 Å². The fourth-order valence-electron chi connectivity index (χ4n) is 3.33. The second-order valence-corrected chi connectivity index (χ2v) is 5.91. The van der Waals surface area contributed by atoms with Crippen LogP contribution >= 0.6 is 0 Å². The number of nitrogens with two attached hydrogens (primary N) is 1. The molecule has 0 radical (unpaired) electrons. The lowest BCUT2D eigenvalue weighted by Gasteiger charge is -2.40. The number of benzene rings is 1. The number of morpholine rings is 1. The molecule has 2 N–H and O–H groups in total. The molecule has 2 amide bonds. The van der Waals surface area contributed by atoms with E-state index in [4.69, 9.17) is 10.5 Å². The van der Waals surface area contributed by atoms with Gasteiger partial charge in [0.15, 0.2) is 0 Å². The molecule has 0 aromatic heterocycles. The zero-order chi connectivity index (χ0) is 14.9. The maximum absolute atomic E-state index is 12.6. The van der Waals surface area contributed by atoms with Crippen LogP contribution in [0, 0.1) is 0 Å². The minimum Gasteiger partial charge on any atom is -0.371 e. The maximum atomic E-state index is 12.6. The fraction of sp³-hybridized carbons (Fsp3) is 0.500. The first kappa shape index (κ1) is 14.1. The van der Waals surface area contributed by atoms with Crippen molar-refractivity contribution in [1.82, 2.24) is 4.90 Å². The van der Waals surface area contributed by atoms with E-state index in [2.05, 4.69) is 0 Å². The molecule has 0 bridgehead atoms. The summed E-state index contributed by atoms with van der Waals surface area (Å²) < 4.78 is 5.94. The van der Waals surface area contributed by atoms with Gasteiger partial charge in [-0.3, -0.25) is 9.59 Å². The van der Waals surface area contributed by atoms with Crippen molar-refractivity contribution >= 4 is 11.8 Å². The summed E-state index contributed by atoms with van der Waals surface area (Å²) in [6, 6.07) is 6.61. The van der Waals surface area contributed by atoms with Crippen LogP contribution in [0.4, 0.5) is 0 Å². The quantitative estimate of drug-likeness (QED) is 0.897. The van der Waals surface area contributed by atoms with Gasteiger partial charge in [-0.1, -0.05) is 18.9 Å². The van der Waals surface area contributed by atoms with E-state index in [1.807, 2.05) is 4.90 Å². The van der Waals surface area contributed by atoms with E-state index >= 15 is 0 Å². The predicted molar refractivity (Wildman–Crippen MR) is 78.0 cm³/mol. The average molecular weight is 288 g/mol. The second-order valence-electron chi connectivity index (χ2n) is 5.91. The third kappa shape index (κ3) is 2.78. The third-order valence-corrected chi connectivity index (χ3v) is 4.44. The Kier molecular flexibility index (Phi) is 3.68. The Morgan fingerprint density at radius 1 is 1.19 bits per heavy atom. The Labute approximate surface area is 124 Å². The number of rotatable bonds is 2. The molecule has 112 valence electrons. The van der Waals surface area contributed by atoms with Crippen molar-refractivity contribution in [3.05, 3.63) is 35.4 Å². The van der Waals surface area contributed by atoms with Crippen LogP contribution in [-0.4, -0.2) is 42.0 Å². The third-order valence-electron chi connectivity index (χ3n) is 4.44. The molecule has 1 saturated carbocycles. The van der Waals surface area contributed by atoms with Gasteiger partial charge >= 0.3 is 0 Å². The lowest BCUT2D eigenvalue weighted by Crippen LogP contribution is -2.52. The number of primary amides is 1. The molecule has 5 heteroatoms. The van der Waals surface area contributed by atoms with Crippen LogP contribution in [0.5, 0.6) is 0 Å². The van der Waals surface area contributed by atoms with Crippen molar-refractivity contribution in [3.8, 4) is 0 Å². The highest BCUT2D eigenvalue weighted by Gasteiger charge is 2.40. The van der Waals surface area contributed by atoms with Gasteiger partial charge < -0.3 is 15.4 Å². The second kappa shape index (κ2) is 5.48. The van der Waals surface area contributed by atoms with Crippen molar-refractivity contribution in [3.63, 3.8) is 0 Å². The Morgan fingerprint density at radius 2 is 1.90 bits per heavy atom. The summed E-state index contributed by atoms with van der Waals surface area (Å²) in [5.74, 6) is -0.563. The average Bonchev–Trinajstić information content (AvgIpc) is 2.94. The standard InChI is InChI=1S/C16H20N2O3/c17-14(19)12-4-3-5-13(10-12)15(20)18-8-9-21-16(11-18)6-1-2-7-16/h3-5,10H,1-2,6-9,11H2,(H2,17,19). The lowest BCUT2D eigenvalue weighted by molar-refractivity contribution is -0.0948. The van der Waals surface area contributed by atoms with Crippen LogP contribution in [0.1, 0.15) is 46.4 Å². The van der Waals surface area contributed by atoms with E-state index in [0.717, 1.165) is 12.8 Å². The first-order chi connectivity index (χ1) is 10.1. The number of hydrogen-bond donors (Lipinski definition) is 1. The zero-order valence-corrected chi connectivity index (χ0v) is 12.0. The van der Waals surface area contributed by atoms with Gasteiger partial charge in [-0.15, -0.1) is 0 Å². The summed E-state index contributed by atoms with van der Waals surface area (Å²) >= 11 is 0. The number of ether oxygens (including phenoxy) is 1. The SMILES string of the molecule is NC(=O)c1cccc(C(=O)N2CCOC3(CCCC3)C2)c1. The number of hydrogen-bond acceptors (Lipinski definition) is 3. The first-order valence-electron chi connectivity index (χ1n) is 7.43. The minimum absolute atomic E-state index is 0.0484. The Morgan fingerprint density at radius 3 is 2.62 bits per heavy atom. The molecule has 5 nitrogen and oxygen atoms in total. The van der Waals surface area contributed by atoms with Crippen LogP contribution in [0.2, 0.25) is 0 Å². The van der Waals surface area contributed by atoms with Crippen LogP contribution < -0.4 is 5.73 Å². The Hall–Kier alpha value is -1.88. The molecule has 1 spiro atoms. The highest BCUT2D eigenvalue weighted by Crippen LogP contribution is 2.36. The minimum atomic E-state index is -0.515. The summed E-state index contributed by atoms with van der Waals surface area (Å²) in [5, 5.41) is 0. The molecule has 1 aromatic carbocycles. The van der Waals surface area contributed by atoms with Crippen LogP contribution in [0.25, 0.3) is 0 Å². The molecule has 0 atom stereocenters. The molecule has 0 unspecified atom stereocenters. The molecule has 21 heavy (non-hydrogen) atoms. The Bertz CT molecular complexity index is 564. The molecule has 1 aliphatic carbocycles. The van der Waals surface area contributed by atoms with E-state index in [-0.39, 0.29) is 11.5 Å². The molecule has 1 saturated heterocycles. The van der Waals surface area contributed by atoms with Gasteiger partial charge in [-0.2, -0.15) is 0 Å². The summed E-state index contributed by atoms with van der Waals surface area (Å²) in [7, 11) is 0. The van der Waals surface area contributed by atoms with Crippen molar-refractivity contribution < 1.29 is 14.3 Å². The fourth-order valence-corrected chi connectivity index (χ4v) is 3.33. The number of carbonyl (C=O) groups is 2. The number of amides is 2. The topological polar surface area (TPSA) is 72.6 Å². The summed E-state index contributed by atoms with van der Waals surface area (Å²) in [4.78, 5) is 25.7. The maximum Gasteiger partial charge on any atom is 0.254 e. The van der Waals surface area contributed by atoms with Crippen LogP contribution in [0.3, 0.4) is 0 Å². The van der Waals surface area contributed by atoms with E-state index in [0.29, 0.717) is 30.8 Å². The molecular weight excluding hydrogens is 268 g/mol. The summed E-state index contributed by atoms with van der Waals surface area (Å²) in [6.07, 6.45) is 4.38. The predicted octanol–water partition coefficient (Wildman–Crippen LogP) is 1.57. The molecule has 2 aliphatic rings. The smallest absolute Gasteiger partial charge is 0.254 e. The van der Waals surface area contributed by atoms with E-state index in [1.165, 1.54) is 12.8 Å². The van der Waals surface area contributed by atoms with Gasteiger partial charge in [0.2, 0.25) is 5.91 Å². The number of nitrogens with zero attached hydrogens (tertiary/aromatic N) is 1. The highest BCUT2D eigenvalue weighted by molar-refractivity contribution is 5.99. The Balaban J connectivity index is 1.78. The molecular formula is C16H20N2O3. The van der Waals surface area contributed by atoms with Gasteiger partial charge in [0, 0.05) is 17.7 Å². The van der Waals surface area contributed by atoms with Crippen molar-refractivity contribution in [2.45, 2.75) is 31.3 Å². The molecule has 3 rings (SSSR count). The first-order valence-corrected chi connectivity index (χ1v) is 7.43. The van der Waals surface area contributed by atoms with E-state index in [9.17, 15) is 9.59 Å². The number of carbonyl (C=O) groups excluding carboxylic acids is 2. The summed E-state index contributed by atoms with van der Waals surface area (Å²) in [5.41, 5.74) is 6.01. The monoisotopic (exact) mass is 288 g/mol. The van der Waals surface area contributed by atoms with E-state index in [1.54, 1.807) is 24.3 Å².